The zero-order valence-corrected chi connectivity index (χ0v) is 17.2. The Labute approximate surface area is 170 Å². The highest BCUT2D eigenvalue weighted by atomic mass is 35.5. The second-order valence-corrected chi connectivity index (χ2v) is 6.92. The van der Waals surface area contributed by atoms with Crippen molar-refractivity contribution in [3.8, 4) is 5.75 Å². The van der Waals surface area contributed by atoms with Gasteiger partial charge in [0.05, 0.1) is 13.2 Å². The molecule has 2 aromatic carbocycles. The predicted molar refractivity (Wildman–Crippen MR) is 110 cm³/mol. The van der Waals surface area contributed by atoms with E-state index < -0.39 is 0 Å². The molecule has 0 heterocycles. The van der Waals surface area contributed by atoms with E-state index in [4.69, 9.17) is 32.7 Å². The van der Waals surface area contributed by atoms with Crippen molar-refractivity contribution in [1.29, 1.82) is 0 Å². The zero-order chi connectivity index (χ0) is 19.6. The van der Waals surface area contributed by atoms with Gasteiger partial charge < -0.3 is 14.8 Å². The number of hydrogen-bond donors (Lipinski definition) is 1. The summed E-state index contributed by atoms with van der Waals surface area (Å²) < 4.78 is 11.3. The van der Waals surface area contributed by atoms with Gasteiger partial charge in [0.1, 0.15) is 5.75 Å². The maximum Gasteiger partial charge on any atom is 0.251 e. The summed E-state index contributed by atoms with van der Waals surface area (Å²) in [5, 5.41) is 3.97. The van der Waals surface area contributed by atoms with Crippen LogP contribution in [0.2, 0.25) is 10.0 Å². The number of carbonyl (C=O) groups is 1. The Balaban J connectivity index is 2.05. The van der Waals surface area contributed by atoms with Crippen LogP contribution < -0.4 is 10.1 Å². The lowest BCUT2D eigenvalue weighted by Crippen LogP contribution is -2.23. The topological polar surface area (TPSA) is 47.6 Å². The number of halogens is 2. The maximum absolute atomic E-state index is 12.5. The van der Waals surface area contributed by atoms with Crippen molar-refractivity contribution in [3.05, 3.63) is 63.1 Å². The molecule has 1 amide bonds. The standard InChI is InChI=1S/C21H25Cl2NO3/c1-3-5-10-26-14-17-11-15(7-9-20(17)27-4-2)21(25)24-13-16-6-8-18(22)12-19(16)23/h6-9,11-12H,3-5,10,13-14H2,1-2H3,(H,24,25). The molecule has 0 saturated heterocycles. The highest BCUT2D eigenvalue weighted by Crippen LogP contribution is 2.23. The molecule has 0 aliphatic rings. The van der Waals surface area contributed by atoms with Gasteiger partial charge in [-0.15, -0.1) is 0 Å². The summed E-state index contributed by atoms with van der Waals surface area (Å²) in [6.45, 7) is 6.03. The fraction of sp³-hybridized carbons (Fsp3) is 0.381. The van der Waals surface area contributed by atoms with Crippen LogP contribution in [0, 0.1) is 0 Å². The minimum atomic E-state index is -0.182. The van der Waals surface area contributed by atoms with Gasteiger partial charge in [-0.2, -0.15) is 0 Å². The molecule has 2 aromatic rings. The van der Waals surface area contributed by atoms with Gasteiger partial charge >= 0.3 is 0 Å². The van der Waals surface area contributed by atoms with Crippen LogP contribution >= 0.6 is 23.2 Å². The van der Waals surface area contributed by atoms with Gasteiger partial charge in [0.15, 0.2) is 0 Å². The van der Waals surface area contributed by atoms with Gasteiger partial charge in [0, 0.05) is 34.3 Å². The van der Waals surface area contributed by atoms with Gasteiger partial charge in [0.25, 0.3) is 5.91 Å². The second kappa shape index (κ2) is 11.2. The summed E-state index contributed by atoms with van der Waals surface area (Å²) in [7, 11) is 0. The molecule has 146 valence electrons. The van der Waals surface area contributed by atoms with Crippen LogP contribution in [-0.4, -0.2) is 19.1 Å². The van der Waals surface area contributed by atoms with E-state index in [0.717, 1.165) is 29.7 Å². The lowest BCUT2D eigenvalue weighted by atomic mass is 10.1. The molecule has 0 atom stereocenters. The van der Waals surface area contributed by atoms with Crippen LogP contribution in [0.4, 0.5) is 0 Å². The molecular formula is C21H25Cl2NO3. The van der Waals surface area contributed by atoms with Crippen molar-refractivity contribution in [2.75, 3.05) is 13.2 Å². The van der Waals surface area contributed by atoms with E-state index in [9.17, 15) is 4.79 Å². The van der Waals surface area contributed by atoms with Crippen LogP contribution in [0.15, 0.2) is 36.4 Å². The van der Waals surface area contributed by atoms with Gasteiger partial charge in [-0.1, -0.05) is 42.6 Å². The van der Waals surface area contributed by atoms with E-state index in [1.807, 2.05) is 19.1 Å². The van der Waals surface area contributed by atoms with Crippen LogP contribution in [0.5, 0.6) is 5.75 Å². The number of unbranched alkanes of at least 4 members (excludes halogenated alkanes) is 1. The number of amides is 1. The van der Waals surface area contributed by atoms with Gasteiger partial charge in [0.2, 0.25) is 0 Å². The molecule has 0 aliphatic heterocycles. The van der Waals surface area contributed by atoms with Gasteiger partial charge in [-0.05, 0) is 49.2 Å². The van der Waals surface area contributed by atoms with E-state index in [-0.39, 0.29) is 5.91 Å². The number of hydrogen-bond acceptors (Lipinski definition) is 3. The first-order valence-electron chi connectivity index (χ1n) is 9.10. The molecule has 0 spiro atoms. The number of rotatable bonds is 10. The van der Waals surface area contributed by atoms with Crippen molar-refractivity contribution < 1.29 is 14.3 Å². The minimum absolute atomic E-state index is 0.182. The molecule has 0 aliphatic carbocycles. The third-order valence-electron chi connectivity index (χ3n) is 3.98. The molecule has 27 heavy (non-hydrogen) atoms. The Morgan fingerprint density at radius 3 is 2.59 bits per heavy atom. The SMILES string of the molecule is CCCCOCc1cc(C(=O)NCc2ccc(Cl)cc2Cl)ccc1OCC. The van der Waals surface area contributed by atoms with E-state index in [0.29, 0.717) is 42.0 Å². The van der Waals surface area contributed by atoms with Crippen molar-refractivity contribution in [2.45, 2.75) is 39.8 Å². The summed E-state index contributed by atoms with van der Waals surface area (Å²) in [5.74, 6) is 0.560. The summed E-state index contributed by atoms with van der Waals surface area (Å²) >= 11 is 12.1. The molecule has 0 radical (unpaired) electrons. The molecular weight excluding hydrogens is 385 g/mol. The summed E-state index contributed by atoms with van der Waals surface area (Å²) in [6.07, 6.45) is 2.08. The molecule has 4 nitrogen and oxygen atoms in total. The molecule has 0 bridgehead atoms. The first-order chi connectivity index (χ1) is 13.0. The van der Waals surface area contributed by atoms with E-state index in [2.05, 4.69) is 12.2 Å². The number of carbonyl (C=O) groups excluding carboxylic acids is 1. The maximum atomic E-state index is 12.5. The average Bonchev–Trinajstić information content (AvgIpc) is 2.65. The summed E-state index contributed by atoms with van der Waals surface area (Å²) in [5.41, 5.74) is 2.23. The Hall–Kier alpha value is -1.75. The van der Waals surface area contributed by atoms with E-state index in [1.54, 1.807) is 24.3 Å². The summed E-state index contributed by atoms with van der Waals surface area (Å²) in [4.78, 5) is 12.5. The summed E-state index contributed by atoms with van der Waals surface area (Å²) in [6, 6.07) is 10.6. The van der Waals surface area contributed by atoms with E-state index >= 15 is 0 Å². The monoisotopic (exact) mass is 409 g/mol. The lowest BCUT2D eigenvalue weighted by molar-refractivity contribution is 0.0949. The Morgan fingerprint density at radius 1 is 1.07 bits per heavy atom. The number of benzene rings is 2. The smallest absolute Gasteiger partial charge is 0.251 e. The quantitative estimate of drug-likeness (QED) is 0.516. The third kappa shape index (κ3) is 6.73. The van der Waals surface area contributed by atoms with Crippen LogP contribution in [0.1, 0.15) is 48.2 Å². The van der Waals surface area contributed by atoms with Crippen molar-refractivity contribution >= 4 is 29.1 Å². The molecule has 0 saturated carbocycles. The first-order valence-corrected chi connectivity index (χ1v) is 9.86. The molecule has 0 unspecified atom stereocenters. The molecule has 6 heteroatoms. The number of ether oxygens (including phenoxy) is 2. The van der Waals surface area contributed by atoms with Crippen LogP contribution in [0.25, 0.3) is 0 Å². The predicted octanol–water partition coefficient (Wildman–Crippen LogP) is 5.64. The number of nitrogens with one attached hydrogen (secondary N) is 1. The molecule has 2 rings (SSSR count). The minimum Gasteiger partial charge on any atom is -0.494 e. The molecule has 0 aromatic heterocycles. The largest absolute Gasteiger partial charge is 0.494 e. The van der Waals surface area contributed by atoms with Crippen LogP contribution in [0.3, 0.4) is 0 Å². The third-order valence-corrected chi connectivity index (χ3v) is 4.56. The van der Waals surface area contributed by atoms with Crippen molar-refractivity contribution in [1.82, 2.24) is 5.32 Å². The van der Waals surface area contributed by atoms with E-state index in [1.165, 1.54) is 0 Å². The highest BCUT2D eigenvalue weighted by molar-refractivity contribution is 6.35. The highest BCUT2D eigenvalue weighted by Gasteiger charge is 2.12. The fourth-order valence-electron chi connectivity index (χ4n) is 2.50. The van der Waals surface area contributed by atoms with Crippen LogP contribution in [-0.2, 0) is 17.9 Å². The Kier molecular flexibility index (Phi) is 8.92. The van der Waals surface area contributed by atoms with Crippen molar-refractivity contribution in [2.24, 2.45) is 0 Å². The van der Waals surface area contributed by atoms with Gasteiger partial charge in [-0.25, -0.2) is 0 Å². The van der Waals surface area contributed by atoms with Gasteiger partial charge in [-0.3, -0.25) is 4.79 Å². The fourth-order valence-corrected chi connectivity index (χ4v) is 2.98. The molecule has 0 fully saturated rings. The normalized spacial score (nSPS) is 10.7. The Morgan fingerprint density at radius 2 is 1.89 bits per heavy atom. The zero-order valence-electron chi connectivity index (χ0n) is 15.7. The molecule has 1 N–H and O–H groups in total. The average molecular weight is 410 g/mol. The van der Waals surface area contributed by atoms with Crippen molar-refractivity contribution in [3.63, 3.8) is 0 Å². The second-order valence-electron chi connectivity index (χ2n) is 6.08. The first kappa shape index (κ1) is 21.5. The Bertz CT molecular complexity index is 765. The lowest BCUT2D eigenvalue weighted by Gasteiger charge is -2.13.